The van der Waals surface area contributed by atoms with Gasteiger partial charge in [0.1, 0.15) is 18.1 Å². The number of halogens is 1. The molecule has 0 N–H and O–H groups in total. The summed E-state index contributed by atoms with van der Waals surface area (Å²) in [7, 11) is 0. The van der Waals surface area contributed by atoms with Crippen molar-refractivity contribution in [3.63, 3.8) is 0 Å². The smallest absolute Gasteiger partial charge is 0.322 e. The largest absolute Gasteiger partial charge is 0.424 e. The van der Waals surface area contributed by atoms with Crippen LogP contribution in [0.3, 0.4) is 0 Å². The molecule has 0 aliphatic rings. The van der Waals surface area contributed by atoms with Crippen molar-refractivity contribution in [3.8, 4) is 11.8 Å². The fraction of sp³-hybridized carbons (Fsp3) is 0. The average Bonchev–Trinajstić information content (AvgIpc) is 2.39. The molecule has 0 saturated heterocycles. The van der Waals surface area contributed by atoms with Crippen LogP contribution in [0.5, 0.6) is 11.8 Å². The standard InChI is InChI=1S/C11H5IN4O3/c1-13-10-3-2-8(4-9(10)12)19-11-14-5-7(6-15-11)16(17)18/h2-6H. The van der Waals surface area contributed by atoms with E-state index in [9.17, 15) is 10.1 Å². The van der Waals surface area contributed by atoms with Crippen LogP contribution in [-0.4, -0.2) is 14.9 Å². The van der Waals surface area contributed by atoms with E-state index in [2.05, 4.69) is 14.8 Å². The summed E-state index contributed by atoms with van der Waals surface area (Å²) < 4.78 is 6.08. The molecule has 0 fully saturated rings. The zero-order chi connectivity index (χ0) is 13.8. The highest BCUT2D eigenvalue weighted by Crippen LogP contribution is 2.28. The average molecular weight is 368 g/mol. The molecule has 0 amide bonds. The van der Waals surface area contributed by atoms with Crippen LogP contribution >= 0.6 is 22.6 Å². The lowest BCUT2D eigenvalue weighted by Crippen LogP contribution is -1.94. The summed E-state index contributed by atoms with van der Waals surface area (Å²) in [6, 6.07) is 4.91. The van der Waals surface area contributed by atoms with Gasteiger partial charge in [-0.3, -0.25) is 10.1 Å². The second-order valence-electron chi connectivity index (χ2n) is 3.31. The first-order valence-corrected chi connectivity index (χ1v) is 5.99. The maximum absolute atomic E-state index is 10.4. The van der Waals surface area contributed by atoms with Crippen molar-refractivity contribution in [2.24, 2.45) is 0 Å². The summed E-state index contributed by atoms with van der Waals surface area (Å²) >= 11 is 2.02. The van der Waals surface area contributed by atoms with Gasteiger partial charge in [0.05, 0.1) is 11.5 Å². The van der Waals surface area contributed by atoms with Crippen LogP contribution in [0.4, 0.5) is 11.4 Å². The maximum atomic E-state index is 10.4. The van der Waals surface area contributed by atoms with Crippen molar-refractivity contribution in [2.45, 2.75) is 0 Å². The van der Waals surface area contributed by atoms with Crippen LogP contribution in [0.1, 0.15) is 0 Å². The van der Waals surface area contributed by atoms with E-state index in [1.165, 1.54) is 0 Å². The summed E-state index contributed by atoms with van der Waals surface area (Å²) in [5, 5.41) is 10.4. The van der Waals surface area contributed by atoms with E-state index in [1.807, 2.05) is 22.6 Å². The molecule has 1 aromatic heterocycles. The normalized spacial score (nSPS) is 9.68. The molecule has 1 heterocycles. The van der Waals surface area contributed by atoms with Gasteiger partial charge in [-0.1, -0.05) is 28.7 Å². The minimum Gasteiger partial charge on any atom is -0.424 e. The Hall–Kier alpha value is -2.28. The molecular weight excluding hydrogens is 363 g/mol. The Kier molecular flexibility index (Phi) is 3.86. The molecule has 2 rings (SSSR count). The number of hydrogen-bond donors (Lipinski definition) is 0. The first-order valence-electron chi connectivity index (χ1n) is 4.91. The summed E-state index contributed by atoms with van der Waals surface area (Å²) in [4.78, 5) is 20.6. The van der Waals surface area contributed by atoms with Crippen LogP contribution in [0.2, 0.25) is 0 Å². The van der Waals surface area contributed by atoms with Gasteiger partial charge in [0.15, 0.2) is 0 Å². The topological polar surface area (TPSA) is 82.5 Å². The molecule has 0 saturated carbocycles. The van der Waals surface area contributed by atoms with Crippen molar-refractivity contribution >= 4 is 34.0 Å². The molecule has 0 spiro atoms. The van der Waals surface area contributed by atoms with Crippen molar-refractivity contribution in [1.82, 2.24) is 9.97 Å². The second-order valence-corrected chi connectivity index (χ2v) is 4.47. The number of nitrogens with zero attached hydrogens (tertiary/aromatic N) is 4. The van der Waals surface area contributed by atoms with Gasteiger partial charge in [0.25, 0.3) is 0 Å². The molecule has 0 unspecified atom stereocenters. The van der Waals surface area contributed by atoms with E-state index >= 15 is 0 Å². The predicted molar refractivity (Wildman–Crippen MR) is 74.2 cm³/mol. The molecule has 0 aliphatic carbocycles. The Bertz CT molecular complexity index is 667. The zero-order valence-electron chi connectivity index (χ0n) is 9.28. The lowest BCUT2D eigenvalue weighted by Gasteiger charge is -2.04. The number of aromatic nitrogens is 2. The fourth-order valence-electron chi connectivity index (χ4n) is 1.20. The molecule has 8 heteroatoms. The number of benzene rings is 1. The Morgan fingerprint density at radius 2 is 2.05 bits per heavy atom. The summed E-state index contributed by atoms with van der Waals surface area (Å²) in [6.45, 7) is 6.93. The van der Waals surface area contributed by atoms with Crippen molar-refractivity contribution in [1.29, 1.82) is 0 Å². The highest BCUT2D eigenvalue weighted by molar-refractivity contribution is 14.1. The molecule has 0 radical (unpaired) electrons. The Balaban J connectivity index is 2.19. The fourth-order valence-corrected chi connectivity index (χ4v) is 1.81. The molecule has 0 aliphatic heterocycles. The van der Waals surface area contributed by atoms with Gasteiger partial charge in [-0.05, 0) is 12.1 Å². The highest BCUT2D eigenvalue weighted by Gasteiger charge is 2.08. The minimum atomic E-state index is -0.586. The molecule has 2 aromatic rings. The lowest BCUT2D eigenvalue weighted by molar-refractivity contribution is -0.385. The minimum absolute atomic E-state index is 0.0111. The SMILES string of the molecule is [C-]#[N+]c1ccc(Oc2ncc([N+](=O)[O-])cn2)cc1I. The van der Waals surface area contributed by atoms with E-state index in [4.69, 9.17) is 11.3 Å². The Labute approximate surface area is 121 Å². The molecule has 1 aromatic carbocycles. The number of ether oxygens (including phenoxy) is 1. The van der Waals surface area contributed by atoms with E-state index < -0.39 is 4.92 Å². The van der Waals surface area contributed by atoms with Gasteiger partial charge >= 0.3 is 11.7 Å². The Morgan fingerprint density at radius 3 is 2.58 bits per heavy atom. The number of hydrogen-bond acceptors (Lipinski definition) is 5. The van der Waals surface area contributed by atoms with E-state index in [0.29, 0.717) is 11.4 Å². The monoisotopic (exact) mass is 368 g/mol. The molecule has 7 nitrogen and oxygen atoms in total. The van der Waals surface area contributed by atoms with Crippen LogP contribution in [-0.2, 0) is 0 Å². The third-order valence-corrected chi connectivity index (χ3v) is 2.94. The zero-order valence-corrected chi connectivity index (χ0v) is 11.4. The van der Waals surface area contributed by atoms with Gasteiger partial charge in [-0.2, -0.15) is 9.97 Å². The molecule has 0 atom stereocenters. The molecule has 0 bridgehead atoms. The third-order valence-electron chi connectivity index (χ3n) is 2.07. The highest BCUT2D eigenvalue weighted by atomic mass is 127. The first-order chi connectivity index (χ1) is 9.10. The van der Waals surface area contributed by atoms with Crippen molar-refractivity contribution in [2.75, 3.05) is 0 Å². The van der Waals surface area contributed by atoms with Gasteiger partial charge in [0.2, 0.25) is 5.69 Å². The number of rotatable bonds is 3. The first kappa shape index (κ1) is 13.2. The van der Waals surface area contributed by atoms with E-state index in [-0.39, 0.29) is 11.7 Å². The van der Waals surface area contributed by atoms with Crippen molar-refractivity contribution < 1.29 is 9.66 Å². The van der Waals surface area contributed by atoms with Gasteiger partial charge in [0, 0.05) is 3.57 Å². The predicted octanol–water partition coefficient (Wildman–Crippen LogP) is 3.33. The second kappa shape index (κ2) is 5.57. The van der Waals surface area contributed by atoms with E-state index in [0.717, 1.165) is 16.0 Å². The lowest BCUT2D eigenvalue weighted by atomic mass is 10.3. The van der Waals surface area contributed by atoms with E-state index in [1.54, 1.807) is 18.2 Å². The van der Waals surface area contributed by atoms with Crippen molar-refractivity contribution in [3.05, 3.63) is 55.7 Å². The molecule has 94 valence electrons. The molecule has 19 heavy (non-hydrogen) atoms. The van der Waals surface area contributed by atoms with Crippen LogP contribution < -0.4 is 4.74 Å². The molecular formula is C11H5IN4O3. The summed E-state index contributed by atoms with van der Waals surface area (Å²) in [6.07, 6.45) is 2.14. The van der Waals surface area contributed by atoms with Crippen LogP contribution in [0, 0.1) is 20.3 Å². The number of nitro groups is 1. The van der Waals surface area contributed by atoms with Gasteiger partial charge in [-0.25, -0.2) is 4.85 Å². The maximum Gasteiger partial charge on any atom is 0.322 e. The summed E-state index contributed by atoms with van der Waals surface area (Å²) in [5.74, 6) is 0.464. The Morgan fingerprint density at radius 1 is 1.37 bits per heavy atom. The summed E-state index contributed by atoms with van der Waals surface area (Å²) in [5.41, 5.74) is 0.322. The quantitative estimate of drug-likeness (QED) is 0.359. The van der Waals surface area contributed by atoms with Gasteiger partial charge < -0.3 is 4.74 Å². The third kappa shape index (κ3) is 3.14. The van der Waals surface area contributed by atoms with Crippen LogP contribution in [0.25, 0.3) is 4.85 Å². The van der Waals surface area contributed by atoms with Crippen LogP contribution in [0.15, 0.2) is 30.6 Å². The van der Waals surface area contributed by atoms with Gasteiger partial charge in [-0.15, -0.1) is 0 Å².